The van der Waals surface area contributed by atoms with Gasteiger partial charge in [-0.1, -0.05) is 0 Å². The van der Waals surface area contributed by atoms with Gasteiger partial charge >= 0.3 is 12.1 Å². The van der Waals surface area contributed by atoms with Crippen molar-refractivity contribution >= 4 is 45.8 Å². The maximum atomic E-state index is 14.3. The van der Waals surface area contributed by atoms with E-state index >= 15 is 0 Å². The molecule has 12 heteroatoms. The van der Waals surface area contributed by atoms with Gasteiger partial charge in [0.05, 0.1) is 18.0 Å². The third-order valence-electron chi connectivity index (χ3n) is 6.19. The quantitative estimate of drug-likeness (QED) is 0.172. The highest BCUT2D eigenvalue weighted by molar-refractivity contribution is 14.3. The molecule has 3 nitrogen and oxygen atoms in total. The van der Waals surface area contributed by atoms with Crippen molar-refractivity contribution in [1.82, 2.24) is 4.90 Å². The van der Waals surface area contributed by atoms with Crippen LogP contribution in [0.4, 0.5) is 26.3 Å². The Balaban J connectivity index is 1.40. The lowest BCUT2D eigenvalue weighted by Gasteiger charge is -2.34. The summed E-state index contributed by atoms with van der Waals surface area (Å²) < 4.78 is 92.9. The molecule has 2 fully saturated rings. The lowest BCUT2D eigenvalue weighted by atomic mass is 9.90. The molecule has 0 N–H and O–H groups in total. The molecule has 1 heterocycles. The van der Waals surface area contributed by atoms with Gasteiger partial charge in [0.25, 0.3) is 0 Å². The van der Waals surface area contributed by atoms with Crippen LogP contribution in [-0.4, -0.2) is 53.7 Å². The molecule has 1 aromatic carbocycles. The lowest BCUT2D eigenvalue weighted by Crippen LogP contribution is -2.49. The zero-order valence-corrected chi connectivity index (χ0v) is 22.4. The third kappa shape index (κ3) is 6.86. The fraction of sp³-hybridized carbons (Fsp3) is 0.700. The summed E-state index contributed by atoms with van der Waals surface area (Å²) in [5.41, 5.74) is 0. The fourth-order valence-electron chi connectivity index (χ4n) is 4.35. The number of alkyl halides is 5. The highest BCUT2D eigenvalue weighted by Gasteiger charge is 2.58. The standard InChI is InChI=1S/C20H25F6I2NO2S/c1-32(27,28,30)18-3-2-15(11-17(18)21)31-9-6-14-10-16(14)13-4-7-29(8-5-13)12-19(22,23)20(24,25)26/h2-3,11,13-14,16H,4-10,12H2,1H3/t14-,16-/m1/s1. The first kappa shape index (κ1) is 26.8. The minimum Gasteiger partial charge on any atom is -0.493 e. The van der Waals surface area contributed by atoms with Crippen molar-refractivity contribution in [2.75, 3.05) is 32.5 Å². The summed E-state index contributed by atoms with van der Waals surface area (Å²) in [6.45, 7) is -0.381. The predicted octanol–water partition coefficient (Wildman–Crippen LogP) is 6.65. The molecule has 0 bridgehead atoms. The number of benzene rings is 1. The number of ether oxygens (including phenoxy) is 1. The van der Waals surface area contributed by atoms with Crippen LogP contribution in [0.1, 0.15) is 25.7 Å². The highest BCUT2D eigenvalue weighted by Crippen LogP contribution is 2.51. The molecule has 2 aliphatic rings. The van der Waals surface area contributed by atoms with Gasteiger partial charge in [-0.2, -0.15) is 22.0 Å². The van der Waals surface area contributed by atoms with Gasteiger partial charge in [0.15, 0.2) is 0 Å². The summed E-state index contributed by atoms with van der Waals surface area (Å²) in [6, 6.07) is 4.32. The maximum absolute atomic E-state index is 14.3. The zero-order chi connectivity index (χ0) is 24.0. The van der Waals surface area contributed by atoms with Crippen molar-refractivity contribution in [2.24, 2.45) is 17.8 Å². The number of piperidine rings is 1. The Morgan fingerprint density at radius 3 is 2.31 bits per heavy atom. The number of rotatable bonds is 8. The van der Waals surface area contributed by atoms with E-state index in [0.29, 0.717) is 43.0 Å². The monoisotopic (exact) mass is 711 g/mol. The van der Waals surface area contributed by atoms with E-state index in [9.17, 15) is 30.6 Å². The maximum Gasteiger partial charge on any atom is 0.454 e. The van der Waals surface area contributed by atoms with Gasteiger partial charge in [-0.15, -0.1) is 0 Å². The van der Waals surface area contributed by atoms with Gasteiger partial charge in [0, 0.05) is 58.1 Å². The van der Waals surface area contributed by atoms with Crippen LogP contribution in [0.3, 0.4) is 0 Å². The van der Waals surface area contributed by atoms with Gasteiger partial charge in [-0.25, -0.2) is 4.39 Å². The van der Waals surface area contributed by atoms with Gasteiger partial charge < -0.3 is 4.74 Å². The van der Waals surface area contributed by atoms with Gasteiger partial charge in [0.1, 0.15) is 11.6 Å². The van der Waals surface area contributed by atoms with Crippen molar-refractivity contribution in [3.63, 3.8) is 0 Å². The molecule has 32 heavy (non-hydrogen) atoms. The average Bonchev–Trinajstić information content (AvgIpc) is 3.39. The number of hydrogen-bond donors (Lipinski definition) is 0. The second-order valence-corrected chi connectivity index (χ2v) is 29.2. The Kier molecular flexibility index (Phi) is 7.80. The summed E-state index contributed by atoms with van der Waals surface area (Å²) in [4.78, 5) is 1.35. The van der Waals surface area contributed by atoms with Crippen molar-refractivity contribution in [3.05, 3.63) is 24.0 Å². The first-order chi connectivity index (χ1) is 14.5. The van der Waals surface area contributed by atoms with Gasteiger partial charge in [-0.05, 0) is 68.7 Å². The summed E-state index contributed by atoms with van der Waals surface area (Å²) >= 11 is 3.52. The van der Waals surface area contributed by atoms with Crippen molar-refractivity contribution < 1.29 is 35.3 Å². The molecule has 0 aromatic heterocycles. The van der Waals surface area contributed by atoms with E-state index < -0.39 is 27.9 Å². The molecule has 1 aliphatic heterocycles. The summed E-state index contributed by atoms with van der Waals surface area (Å²) in [7, 11) is 0. The Labute approximate surface area is 207 Å². The van der Waals surface area contributed by atoms with Crippen LogP contribution < -0.4 is 4.74 Å². The molecule has 0 unspecified atom stereocenters. The number of hydrogen-bond acceptors (Lipinski definition) is 3. The summed E-state index contributed by atoms with van der Waals surface area (Å²) in [5, 5.41) is 0. The van der Waals surface area contributed by atoms with Gasteiger partial charge in [0.2, 0.25) is 0 Å². The van der Waals surface area contributed by atoms with Gasteiger partial charge in [-0.3, -0.25) is 9.11 Å². The van der Waals surface area contributed by atoms with Crippen LogP contribution in [0.5, 0.6) is 5.75 Å². The molecule has 0 amide bonds. The Morgan fingerprint density at radius 2 is 1.78 bits per heavy atom. The summed E-state index contributed by atoms with van der Waals surface area (Å²) in [6.07, 6.45) is -1.02. The van der Waals surface area contributed by atoms with E-state index in [2.05, 4.69) is 0 Å². The molecule has 184 valence electrons. The second kappa shape index (κ2) is 9.32. The molecule has 0 radical (unpaired) electrons. The molecule has 1 saturated carbocycles. The van der Waals surface area contributed by atoms with Crippen molar-refractivity contribution in [2.45, 2.75) is 42.7 Å². The van der Waals surface area contributed by atoms with E-state index in [4.69, 9.17) is 4.74 Å². The molecule has 1 aromatic rings. The van der Waals surface area contributed by atoms with E-state index in [-0.39, 0.29) is 18.0 Å². The fourth-order valence-corrected chi connectivity index (χ4v) is 7.33. The minimum absolute atomic E-state index is 0.150. The van der Waals surface area contributed by atoms with E-state index in [0.717, 1.165) is 12.8 Å². The average molecular weight is 711 g/mol. The van der Waals surface area contributed by atoms with Crippen LogP contribution in [0, 0.1) is 23.6 Å². The molecule has 3 rings (SSSR count). The predicted molar refractivity (Wildman–Crippen MR) is 129 cm³/mol. The topological polar surface area (TPSA) is 29.5 Å². The largest absolute Gasteiger partial charge is 0.493 e. The first-order valence-corrected chi connectivity index (χ1v) is 17.7. The molecular formula is C20H25F6I2NO2S. The molecule has 0 spiro atoms. The number of nitrogens with zero attached hydrogens (tertiary/aromatic N) is 1. The molecule has 1 aliphatic carbocycles. The second-order valence-electron chi connectivity index (χ2n) is 8.81. The minimum atomic E-state index is -5.52. The lowest BCUT2D eigenvalue weighted by molar-refractivity contribution is -0.287. The third-order valence-corrected chi connectivity index (χ3v) is 10.3. The molecule has 2 atom stereocenters. The van der Waals surface area contributed by atoms with E-state index in [1.807, 2.05) is 0 Å². The SMILES string of the molecule is CS(=O)(I)(I)c1ccc(OCC[C@@H]2C[C@@H]2C2CCN(CC(F)(F)C(F)(F)F)CC2)cc1F. The van der Waals surface area contributed by atoms with Crippen LogP contribution in [0.25, 0.3) is 0 Å². The summed E-state index contributed by atoms with van der Waals surface area (Å²) in [5.74, 6) is -3.69. The van der Waals surface area contributed by atoms with Crippen LogP contribution in [0.2, 0.25) is 0 Å². The smallest absolute Gasteiger partial charge is 0.454 e. The Hall–Kier alpha value is 0.170. The van der Waals surface area contributed by atoms with E-state index in [1.165, 1.54) is 23.3 Å². The normalized spacial score (nSPS) is 24.7. The Bertz CT molecular complexity index is 888. The van der Waals surface area contributed by atoms with E-state index in [1.54, 1.807) is 48.5 Å². The highest BCUT2D eigenvalue weighted by atomic mass is 127. The zero-order valence-electron chi connectivity index (χ0n) is 17.3. The van der Waals surface area contributed by atoms with Crippen molar-refractivity contribution in [1.29, 1.82) is 0 Å². The number of halogens is 8. The van der Waals surface area contributed by atoms with Crippen LogP contribution in [-0.2, 0) is 3.41 Å². The van der Waals surface area contributed by atoms with Crippen molar-refractivity contribution in [3.8, 4) is 5.75 Å². The van der Waals surface area contributed by atoms with Crippen LogP contribution >= 0.6 is 42.4 Å². The first-order valence-electron chi connectivity index (χ1n) is 10.2. The van der Waals surface area contributed by atoms with Crippen LogP contribution in [0.15, 0.2) is 23.1 Å². The molecule has 1 saturated heterocycles. The number of likely N-dealkylation sites (tertiary alicyclic amines) is 1. The molecular weight excluding hydrogens is 686 g/mol. The Morgan fingerprint density at radius 1 is 1.16 bits per heavy atom.